The molecule has 1 unspecified atom stereocenters. The highest BCUT2D eigenvalue weighted by Gasteiger charge is 2.17. The SMILES string of the molecule is CN1CCCC(Nc2cccnc2Cl)C1. The van der Waals surface area contributed by atoms with Crippen LogP contribution in [-0.2, 0) is 0 Å². The molecule has 1 aromatic heterocycles. The molecule has 1 saturated heterocycles. The van der Waals surface area contributed by atoms with Gasteiger partial charge in [-0.2, -0.15) is 0 Å². The monoisotopic (exact) mass is 225 g/mol. The molecule has 3 nitrogen and oxygen atoms in total. The molecule has 1 atom stereocenters. The van der Waals surface area contributed by atoms with E-state index in [2.05, 4.69) is 22.2 Å². The average molecular weight is 226 g/mol. The predicted octanol–water partition coefficient (Wildman–Crippen LogP) is 2.24. The number of nitrogens with one attached hydrogen (secondary N) is 1. The summed E-state index contributed by atoms with van der Waals surface area (Å²) in [7, 11) is 2.15. The van der Waals surface area contributed by atoms with E-state index in [1.54, 1.807) is 6.20 Å². The molecule has 0 radical (unpaired) electrons. The quantitative estimate of drug-likeness (QED) is 0.783. The number of hydrogen-bond acceptors (Lipinski definition) is 3. The van der Waals surface area contributed by atoms with Gasteiger partial charge in [0.15, 0.2) is 5.15 Å². The lowest BCUT2D eigenvalue weighted by molar-refractivity contribution is 0.261. The molecule has 0 amide bonds. The van der Waals surface area contributed by atoms with Gasteiger partial charge in [-0.25, -0.2) is 4.98 Å². The van der Waals surface area contributed by atoms with E-state index in [-0.39, 0.29) is 0 Å². The highest BCUT2D eigenvalue weighted by molar-refractivity contribution is 6.31. The van der Waals surface area contributed by atoms with Gasteiger partial charge in [0, 0.05) is 18.8 Å². The minimum atomic E-state index is 0.491. The Morgan fingerprint density at radius 2 is 2.47 bits per heavy atom. The molecule has 0 aliphatic carbocycles. The first-order chi connectivity index (χ1) is 7.25. The fourth-order valence-electron chi connectivity index (χ4n) is 2.00. The Balaban J connectivity index is 1.99. The van der Waals surface area contributed by atoms with Gasteiger partial charge in [0.1, 0.15) is 0 Å². The van der Waals surface area contributed by atoms with Crippen molar-refractivity contribution in [2.75, 3.05) is 25.5 Å². The third-order valence-electron chi connectivity index (χ3n) is 2.74. The standard InChI is InChI=1S/C11H16ClN3/c1-15-7-3-4-9(8-15)14-10-5-2-6-13-11(10)12/h2,5-6,9,14H,3-4,7-8H2,1H3. The van der Waals surface area contributed by atoms with Crippen LogP contribution >= 0.6 is 11.6 Å². The summed E-state index contributed by atoms with van der Waals surface area (Å²) in [6, 6.07) is 4.37. The maximum Gasteiger partial charge on any atom is 0.152 e. The first kappa shape index (κ1) is 10.7. The minimum Gasteiger partial charge on any atom is -0.379 e. The number of hydrogen-bond donors (Lipinski definition) is 1. The lowest BCUT2D eigenvalue weighted by Gasteiger charge is -2.30. The summed E-state index contributed by atoms with van der Waals surface area (Å²) in [5.74, 6) is 0. The van der Waals surface area contributed by atoms with Crippen molar-refractivity contribution in [2.45, 2.75) is 18.9 Å². The lowest BCUT2D eigenvalue weighted by atomic mass is 10.1. The molecule has 82 valence electrons. The van der Waals surface area contributed by atoms with E-state index in [0.717, 1.165) is 12.2 Å². The highest BCUT2D eigenvalue weighted by Crippen LogP contribution is 2.21. The Morgan fingerprint density at radius 1 is 1.60 bits per heavy atom. The number of likely N-dealkylation sites (tertiary alicyclic amines) is 1. The normalized spacial score (nSPS) is 22.7. The van der Waals surface area contributed by atoms with Crippen molar-refractivity contribution in [3.8, 4) is 0 Å². The average Bonchev–Trinajstić information content (AvgIpc) is 2.22. The van der Waals surface area contributed by atoms with Gasteiger partial charge in [-0.1, -0.05) is 11.6 Å². The zero-order valence-electron chi connectivity index (χ0n) is 8.91. The molecule has 1 aliphatic rings. The van der Waals surface area contributed by atoms with Crippen molar-refractivity contribution in [1.29, 1.82) is 0 Å². The van der Waals surface area contributed by atoms with Gasteiger partial charge < -0.3 is 10.2 Å². The van der Waals surface area contributed by atoms with Gasteiger partial charge in [0.2, 0.25) is 0 Å². The predicted molar refractivity (Wildman–Crippen MR) is 63.4 cm³/mol. The maximum atomic E-state index is 5.99. The van der Waals surface area contributed by atoms with Crippen LogP contribution in [-0.4, -0.2) is 36.1 Å². The Hall–Kier alpha value is -0.800. The van der Waals surface area contributed by atoms with Crippen LogP contribution in [0.3, 0.4) is 0 Å². The second kappa shape index (κ2) is 4.81. The van der Waals surface area contributed by atoms with Crippen LogP contribution in [0.1, 0.15) is 12.8 Å². The first-order valence-corrected chi connectivity index (χ1v) is 5.69. The van der Waals surface area contributed by atoms with E-state index in [1.165, 1.54) is 19.4 Å². The Labute approximate surface area is 95.4 Å². The second-order valence-electron chi connectivity index (χ2n) is 4.09. The summed E-state index contributed by atoms with van der Waals surface area (Å²) in [5.41, 5.74) is 0.944. The summed E-state index contributed by atoms with van der Waals surface area (Å²) >= 11 is 5.99. The van der Waals surface area contributed by atoms with E-state index in [0.29, 0.717) is 11.2 Å². The van der Waals surface area contributed by atoms with Gasteiger partial charge in [0.25, 0.3) is 0 Å². The molecular weight excluding hydrogens is 210 g/mol. The van der Waals surface area contributed by atoms with Crippen molar-refractivity contribution >= 4 is 17.3 Å². The molecule has 1 N–H and O–H groups in total. The molecular formula is C11H16ClN3. The summed E-state index contributed by atoms with van der Waals surface area (Å²) in [5, 5.41) is 4.00. The number of piperidine rings is 1. The molecule has 4 heteroatoms. The third-order valence-corrected chi connectivity index (χ3v) is 3.04. The van der Waals surface area contributed by atoms with Crippen LogP contribution in [0, 0.1) is 0 Å². The molecule has 0 bridgehead atoms. The molecule has 0 spiro atoms. The van der Waals surface area contributed by atoms with Crippen LogP contribution in [0.25, 0.3) is 0 Å². The largest absolute Gasteiger partial charge is 0.379 e. The topological polar surface area (TPSA) is 28.2 Å². The minimum absolute atomic E-state index is 0.491. The number of aromatic nitrogens is 1. The molecule has 1 aromatic rings. The number of nitrogens with zero attached hydrogens (tertiary/aromatic N) is 2. The van der Waals surface area contributed by atoms with Gasteiger partial charge >= 0.3 is 0 Å². The molecule has 0 saturated carbocycles. The smallest absolute Gasteiger partial charge is 0.152 e. The molecule has 2 heterocycles. The Kier molecular flexibility index (Phi) is 3.44. The molecule has 2 rings (SSSR count). The van der Waals surface area contributed by atoms with Crippen molar-refractivity contribution in [3.05, 3.63) is 23.5 Å². The number of halogens is 1. The first-order valence-electron chi connectivity index (χ1n) is 5.31. The molecule has 15 heavy (non-hydrogen) atoms. The summed E-state index contributed by atoms with van der Waals surface area (Å²) in [6.07, 6.45) is 4.15. The van der Waals surface area contributed by atoms with E-state index in [1.807, 2.05) is 12.1 Å². The maximum absolute atomic E-state index is 5.99. The van der Waals surface area contributed by atoms with Gasteiger partial charge in [-0.15, -0.1) is 0 Å². The van der Waals surface area contributed by atoms with Crippen molar-refractivity contribution in [1.82, 2.24) is 9.88 Å². The van der Waals surface area contributed by atoms with Crippen LogP contribution in [0.15, 0.2) is 18.3 Å². The fraction of sp³-hybridized carbons (Fsp3) is 0.545. The number of likely N-dealkylation sites (N-methyl/N-ethyl adjacent to an activating group) is 1. The molecule has 1 fully saturated rings. The van der Waals surface area contributed by atoms with Crippen LogP contribution < -0.4 is 5.32 Å². The Morgan fingerprint density at radius 3 is 3.20 bits per heavy atom. The van der Waals surface area contributed by atoms with Gasteiger partial charge in [0.05, 0.1) is 5.69 Å². The molecule has 0 aromatic carbocycles. The van der Waals surface area contributed by atoms with E-state index < -0.39 is 0 Å². The summed E-state index contributed by atoms with van der Waals surface area (Å²) in [6.45, 7) is 2.27. The van der Waals surface area contributed by atoms with E-state index in [4.69, 9.17) is 11.6 Å². The van der Waals surface area contributed by atoms with Crippen molar-refractivity contribution in [2.24, 2.45) is 0 Å². The van der Waals surface area contributed by atoms with Crippen molar-refractivity contribution in [3.63, 3.8) is 0 Å². The zero-order chi connectivity index (χ0) is 10.7. The number of pyridine rings is 1. The van der Waals surface area contributed by atoms with Crippen LogP contribution in [0.4, 0.5) is 5.69 Å². The van der Waals surface area contributed by atoms with Gasteiger partial charge in [-0.3, -0.25) is 0 Å². The van der Waals surface area contributed by atoms with E-state index >= 15 is 0 Å². The fourth-order valence-corrected chi connectivity index (χ4v) is 2.17. The number of anilines is 1. The van der Waals surface area contributed by atoms with E-state index in [9.17, 15) is 0 Å². The summed E-state index contributed by atoms with van der Waals surface area (Å²) < 4.78 is 0. The molecule has 1 aliphatic heterocycles. The summed E-state index contributed by atoms with van der Waals surface area (Å²) in [4.78, 5) is 6.39. The van der Waals surface area contributed by atoms with Crippen LogP contribution in [0.5, 0.6) is 0 Å². The Bertz CT molecular complexity index is 329. The lowest BCUT2D eigenvalue weighted by Crippen LogP contribution is -2.39. The highest BCUT2D eigenvalue weighted by atomic mass is 35.5. The second-order valence-corrected chi connectivity index (χ2v) is 4.45. The zero-order valence-corrected chi connectivity index (χ0v) is 9.67. The van der Waals surface area contributed by atoms with Crippen LogP contribution in [0.2, 0.25) is 5.15 Å². The third kappa shape index (κ3) is 2.83. The van der Waals surface area contributed by atoms with Crippen molar-refractivity contribution < 1.29 is 0 Å². The van der Waals surface area contributed by atoms with Gasteiger partial charge in [-0.05, 0) is 38.6 Å². The number of rotatable bonds is 2.